The van der Waals surface area contributed by atoms with Crippen molar-refractivity contribution in [3.05, 3.63) is 30.1 Å². The van der Waals surface area contributed by atoms with E-state index in [9.17, 15) is 9.90 Å². The van der Waals surface area contributed by atoms with Crippen LogP contribution in [0.4, 0.5) is 11.5 Å². The van der Waals surface area contributed by atoms with Crippen molar-refractivity contribution in [2.24, 2.45) is 4.99 Å². The summed E-state index contributed by atoms with van der Waals surface area (Å²) in [5, 5.41) is 23.2. The van der Waals surface area contributed by atoms with Gasteiger partial charge in [0.15, 0.2) is 24.0 Å². The zero-order chi connectivity index (χ0) is 23.1. The SMILES string of the molecule is CCN(C)CCNc1ncnc2[nH]c(O)c(C=Nc3ccc(OC)c(OCC(=O)O)c3)c12. The number of rotatable bonds is 11. The molecule has 32 heavy (non-hydrogen) atoms. The zero-order valence-corrected chi connectivity index (χ0v) is 18.1. The normalized spacial score (nSPS) is 11.4. The molecule has 3 aromatic rings. The Morgan fingerprint density at radius 3 is 2.88 bits per heavy atom. The molecule has 0 saturated heterocycles. The first-order valence-electron chi connectivity index (χ1n) is 9.97. The van der Waals surface area contributed by atoms with E-state index >= 15 is 0 Å². The number of aromatic hydroxyl groups is 1. The van der Waals surface area contributed by atoms with E-state index in [0.717, 1.165) is 13.1 Å². The fraction of sp³-hybridized carbons (Fsp3) is 0.333. The van der Waals surface area contributed by atoms with Crippen molar-refractivity contribution in [3.63, 3.8) is 0 Å². The summed E-state index contributed by atoms with van der Waals surface area (Å²) in [6.07, 6.45) is 2.91. The third-order valence-corrected chi connectivity index (χ3v) is 4.78. The molecule has 0 saturated carbocycles. The van der Waals surface area contributed by atoms with E-state index in [1.165, 1.54) is 19.7 Å². The van der Waals surface area contributed by atoms with Crippen molar-refractivity contribution in [2.75, 3.05) is 45.7 Å². The van der Waals surface area contributed by atoms with Gasteiger partial charge in [0.2, 0.25) is 0 Å². The molecule has 11 heteroatoms. The van der Waals surface area contributed by atoms with E-state index in [4.69, 9.17) is 14.6 Å². The Morgan fingerprint density at radius 2 is 2.16 bits per heavy atom. The molecule has 170 valence electrons. The molecule has 2 aromatic heterocycles. The summed E-state index contributed by atoms with van der Waals surface area (Å²) in [4.78, 5) is 28.7. The highest BCUT2D eigenvalue weighted by molar-refractivity contribution is 6.06. The molecule has 0 aliphatic carbocycles. The third kappa shape index (κ3) is 5.43. The van der Waals surface area contributed by atoms with Crippen molar-refractivity contribution in [1.29, 1.82) is 0 Å². The number of H-pyrrole nitrogens is 1. The summed E-state index contributed by atoms with van der Waals surface area (Å²) >= 11 is 0. The highest BCUT2D eigenvalue weighted by Gasteiger charge is 2.15. The molecule has 0 aliphatic rings. The number of carbonyl (C=O) groups is 1. The van der Waals surface area contributed by atoms with Gasteiger partial charge in [0.25, 0.3) is 0 Å². The maximum atomic E-state index is 10.8. The third-order valence-electron chi connectivity index (χ3n) is 4.78. The lowest BCUT2D eigenvalue weighted by molar-refractivity contribution is -0.139. The topological polar surface area (TPSA) is 145 Å². The molecule has 0 spiro atoms. The number of anilines is 1. The monoisotopic (exact) mass is 442 g/mol. The van der Waals surface area contributed by atoms with Gasteiger partial charge in [0, 0.05) is 25.4 Å². The second kappa shape index (κ2) is 10.4. The number of likely N-dealkylation sites (N-methyl/N-ethyl adjacent to an activating group) is 1. The van der Waals surface area contributed by atoms with E-state index in [-0.39, 0.29) is 11.6 Å². The fourth-order valence-electron chi connectivity index (χ4n) is 2.95. The van der Waals surface area contributed by atoms with Crippen LogP contribution in [-0.4, -0.2) is 82.6 Å². The number of aromatic nitrogens is 3. The van der Waals surface area contributed by atoms with E-state index in [1.807, 2.05) is 7.05 Å². The van der Waals surface area contributed by atoms with Crippen molar-refractivity contribution in [3.8, 4) is 17.4 Å². The molecule has 2 heterocycles. The number of hydrogen-bond donors (Lipinski definition) is 4. The van der Waals surface area contributed by atoms with Crippen LogP contribution < -0.4 is 14.8 Å². The van der Waals surface area contributed by atoms with E-state index < -0.39 is 12.6 Å². The summed E-state index contributed by atoms with van der Waals surface area (Å²) in [6.45, 7) is 4.00. The second-order valence-corrected chi connectivity index (χ2v) is 6.93. The standard InChI is InChI=1S/C21H26N6O5/c1-4-27(2)8-7-22-19-18-14(21(30)26-20(18)25-12-24-19)10-23-13-5-6-15(31-3)16(9-13)32-11-17(28)29/h5-6,9-10,12,30H,4,7-8,11H2,1-3H3,(H,28,29)(H2,22,24,25,26). The molecule has 0 bridgehead atoms. The molecule has 0 radical (unpaired) electrons. The first-order chi connectivity index (χ1) is 15.4. The zero-order valence-electron chi connectivity index (χ0n) is 18.1. The molecule has 0 fully saturated rings. The number of aromatic amines is 1. The molecule has 4 N–H and O–H groups in total. The van der Waals surface area contributed by atoms with E-state index in [1.54, 1.807) is 18.2 Å². The number of benzene rings is 1. The Labute approximate surface area is 184 Å². The van der Waals surface area contributed by atoms with Crippen molar-refractivity contribution < 1.29 is 24.5 Å². The Hall–Kier alpha value is -3.86. The van der Waals surface area contributed by atoms with Gasteiger partial charge < -0.3 is 34.9 Å². The summed E-state index contributed by atoms with van der Waals surface area (Å²) in [5.41, 5.74) is 1.39. The number of nitrogens with one attached hydrogen (secondary N) is 2. The minimum absolute atomic E-state index is 0.0890. The Bertz CT molecular complexity index is 1110. The number of nitrogens with zero attached hydrogens (tertiary/aromatic N) is 4. The number of carboxylic acid groups (broad SMARTS) is 1. The molecule has 0 aliphatic heterocycles. The van der Waals surface area contributed by atoms with E-state index in [0.29, 0.717) is 40.4 Å². The summed E-state index contributed by atoms with van der Waals surface area (Å²) < 4.78 is 10.5. The predicted octanol–water partition coefficient (Wildman–Crippen LogP) is 2.25. The van der Waals surface area contributed by atoms with Crippen LogP contribution in [0.25, 0.3) is 11.0 Å². The van der Waals surface area contributed by atoms with Gasteiger partial charge in [-0.3, -0.25) is 4.99 Å². The maximum Gasteiger partial charge on any atom is 0.341 e. The number of methoxy groups -OCH3 is 1. The number of aliphatic carboxylic acids is 1. The van der Waals surface area contributed by atoms with Gasteiger partial charge in [-0.15, -0.1) is 0 Å². The van der Waals surface area contributed by atoms with Crippen LogP contribution in [0.15, 0.2) is 29.5 Å². The molecule has 1 aromatic carbocycles. The Morgan fingerprint density at radius 1 is 1.34 bits per heavy atom. The van der Waals surface area contributed by atoms with Gasteiger partial charge in [0.1, 0.15) is 17.8 Å². The highest BCUT2D eigenvalue weighted by atomic mass is 16.5. The van der Waals surface area contributed by atoms with Crippen LogP contribution in [0.3, 0.4) is 0 Å². The lowest BCUT2D eigenvalue weighted by Crippen LogP contribution is -2.25. The van der Waals surface area contributed by atoms with Crippen molar-refractivity contribution in [2.45, 2.75) is 6.92 Å². The van der Waals surface area contributed by atoms with Crippen LogP contribution in [0.5, 0.6) is 17.4 Å². The fourth-order valence-corrected chi connectivity index (χ4v) is 2.95. The summed E-state index contributed by atoms with van der Waals surface area (Å²) in [7, 11) is 3.49. The number of ether oxygens (including phenoxy) is 2. The summed E-state index contributed by atoms with van der Waals surface area (Å²) in [5.74, 6) is 0.0249. The van der Waals surface area contributed by atoms with Crippen LogP contribution in [-0.2, 0) is 4.79 Å². The largest absolute Gasteiger partial charge is 0.494 e. The first-order valence-corrected chi connectivity index (χ1v) is 9.97. The predicted molar refractivity (Wildman–Crippen MR) is 121 cm³/mol. The second-order valence-electron chi connectivity index (χ2n) is 6.93. The maximum absolute atomic E-state index is 10.8. The van der Waals surface area contributed by atoms with Gasteiger partial charge >= 0.3 is 5.97 Å². The van der Waals surface area contributed by atoms with Crippen LogP contribution in [0.1, 0.15) is 12.5 Å². The molecular weight excluding hydrogens is 416 g/mol. The Balaban J connectivity index is 1.89. The molecule has 0 amide bonds. The van der Waals surface area contributed by atoms with Gasteiger partial charge in [-0.05, 0) is 25.7 Å². The number of carboxylic acids is 1. The lowest BCUT2D eigenvalue weighted by Gasteiger charge is -2.14. The molecular formula is C21H26N6O5. The molecule has 3 rings (SSSR count). The molecule has 0 atom stereocenters. The van der Waals surface area contributed by atoms with Crippen LogP contribution in [0.2, 0.25) is 0 Å². The van der Waals surface area contributed by atoms with Gasteiger partial charge in [-0.2, -0.15) is 0 Å². The minimum atomic E-state index is -1.10. The number of hydrogen-bond acceptors (Lipinski definition) is 9. The van der Waals surface area contributed by atoms with Gasteiger partial charge in [-0.25, -0.2) is 14.8 Å². The number of aliphatic imine (C=N–C) groups is 1. The molecule has 11 nitrogen and oxygen atoms in total. The quantitative estimate of drug-likeness (QED) is 0.328. The van der Waals surface area contributed by atoms with E-state index in [2.05, 4.69) is 37.1 Å². The van der Waals surface area contributed by atoms with Crippen molar-refractivity contribution in [1.82, 2.24) is 19.9 Å². The smallest absolute Gasteiger partial charge is 0.341 e. The highest BCUT2D eigenvalue weighted by Crippen LogP contribution is 2.33. The average Bonchev–Trinajstić information content (AvgIpc) is 3.11. The van der Waals surface area contributed by atoms with Crippen LogP contribution >= 0.6 is 0 Å². The average molecular weight is 442 g/mol. The Kier molecular flexibility index (Phi) is 7.45. The minimum Gasteiger partial charge on any atom is -0.494 e. The van der Waals surface area contributed by atoms with Gasteiger partial charge in [0.05, 0.1) is 23.7 Å². The van der Waals surface area contributed by atoms with Crippen molar-refractivity contribution >= 4 is 34.7 Å². The van der Waals surface area contributed by atoms with Crippen LogP contribution in [0, 0.1) is 0 Å². The molecule has 0 unspecified atom stereocenters. The summed E-state index contributed by atoms with van der Waals surface area (Å²) in [6, 6.07) is 4.87. The number of fused-ring (bicyclic) bond motifs is 1. The van der Waals surface area contributed by atoms with Gasteiger partial charge in [-0.1, -0.05) is 6.92 Å². The first kappa shape index (κ1) is 22.8. The lowest BCUT2D eigenvalue weighted by atomic mass is 10.2.